The van der Waals surface area contributed by atoms with Crippen LogP contribution in [0.2, 0.25) is 0 Å². The summed E-state index contributed by atoms with van der Waals surface area (Å²) in [5.74, 6) is -3.19. The molecule has 1 N–H and O–H groups in total. The molecule has 10 heteroatoms. The molecular weight excluding hydrogens is 677 g/mol. The number of nitrogens with zero attached hydrogens (tertiary/aromatic N) is 1. The maximum absolute atomic E-state index is 14.6. The smallest absolute Gasteiger partial charge is 0.287 e. The lowest BCUT2D eigenvalue weighted by molar-refractivity contribution is -0.145. The van der Waals surface area contributed by atoms with E-state index in [2.05, 4.69) is 32.7 Å². The Morgan fingerprint density at radius 1 is 0.942 bits per heavy atom. The highest BCUT2D eigenvalue weighted by atomic mass is 32.2. The molecule has 2 amide bonds. The lowest BCUT2D eigenvalue weighted by Crippen LogP contribution is -2.49. The fraction of sp³-hybridized carbons (Fsp3) is 0.833. The molecule has 0 spiro atoms. The van der Waals surface area contributed by atoms with Gasteiger partial charge in [0.15, 0.2) is 15.6 Å². The summed E-state index contributed by atoms with van der Waals surface area (Å²) in [6.45, 7) is 17.6. The van der Waals surface area contributed by atoms with Gasteiger partial charge in [-0.25, -0.2) is 8.42 Å². The third-order valence-electron chi connectivity index (χ3n) is 13.1. The summed E-state index contributed by atoms with van der Waals surface area (Å²) < 4.78 is 26.4. The minimum atomic E-state index is -3.47. The quantitative estimate of drug-likeness (QED) is 0.0611. The molecule has 0 radical (unpaired) electrons. The molecule has 1 heterocycles. The predicted octanol–water partition coefficient (Wildman–Crippen LogP) is 7.60. The number of hydrogen-bond donors (Lipinski definition) is 1. The molecule has 3 fully saturated rings. The van der Waals surface area contributed by atoms with Gasteiger partial charge in [-0.15, -0.1) is 6.58 Å². The zero-order valence-electron chi connectivity index (χ0n) is 33.5. The summed E-state index contributed by atoms with van der Waals surface area (Å²) in [5.41, 5.74) is -0.744. The van der Waals surface area contributed by atoms with E-state index in [0.717, 1.165) is 44.9 Å². The molecule has 0 unspecified atom stereocenters. The SMILES string of the molecule is C=CCNC(=O)C(=O)[C@H](C)CC(=O)[C@@H]1[C@@H]2[C@H](CN1C(=O)[C@H](CCCCCCCCC)CC(=O)CC1(CS(=O)(=O)C(C)(C)CC)CCCCC1)C2(C)C. The highest BCUT2D eigenvalue weighted by Gasteiger charge is 2.69. The van der Waals surface area contributed by atoms with Crippen molar-refractivity contribution in [1.29, 1.82) is 0 Å². The van der Waals surface area contributed by atoms with Crippen molar-refractivity contribution in [1.82, 2.24) is 10.2 Å². The number of piperidine rings is 1. The Hall–Kier alpha value is -2.36. The standard InChI is InChI=1S/C42H70N2O7S/c1-9-12-13-14-15-16-18-21-31(26-32(45)27-42(22-19-17-20-23-42)29-52(50,51)40(5,6)11-3)39(49)44-28-33-35(41(33,7)8)36(44)34(46)25-30(4)37(47)38(48)43-24-10-2/h10,30-31,33,35-36H,2,9,11-29H2,1,3-8H3,(H,43,48)/t30-,31-,33+,35+,36-/m1/s1. The maximum atomic E-state index is 14.6. The Labute approximate surface area is 315 Å². The predicted molar refractivity (Wildman–Crippen MR) is 207 cm³/mol. The Morgan fingerprint density at radius 2 is 1.56 bits per heavy atom. The van der Waals surface area contributed by atoms with E-state index >= 15 is 0 Å². The summed E-state index contributed by atoms with van der Waals surface area (Å²) in [5, 5.41) is 2.49. The van der Waals surface area contributed by atoms with E-state index in [1.807, 2.05) is 6.92 Å². The first-order valence-electron chi connectivity index (χ1n) is 20.4. The van der Waals surface area contributed by atoms with Crippen LogP contribution in [0, 0.1) is 34.5 Å². The highest BCUT2D eigenvalue weighted by molar-refractivity contribution is 7.92. The van der Waals surface area contributed by atoms with Gasteiger partial charge in [0.1, 0.15) is 5.78 Å². The van der Waals surface area contributed by atoms with Crippen LogP contribution >= 0.6 is 0 Å². The molecule has 9 nitrogen and oxygen atoms in total. The summed E-state index contributed by atoms with van der Waals surface area (Å²) in [7, 11) is -3.47. The van der Waals surface area contributed by atoms with E-state index in [4.69, 9.17) is 0 Å². The molecule has 0 bridgehead atoms. The first-order chi connectivity index (χ1) is 24.4. The van der Waals surface area contributed by atoms with E-state index in [9.17, 15) is 32.4 Å². The Balaban J connectivity index is 1.82. The van der Waals surface area contributed by atoms with E-state index in [-0.39, 0.29) is 66.3 Å². The van der Waals surface area contributed by atoms with Crippen LogP contribution in [0.3, 0.4) is 0 Å². The molecule has 0 aromatic rings. The summed E-state index contributed by atoms with van der Waals surface area (Å²) in [6, 6.07) is -0.697. The van der Waals surface area contributed by atoms with Crippen LogP contribution in [0.25, 0.3) is 0 Å². The van der Waals surface area contributed by atoms with Gasteiger partial charge < -0.3 is 10.2 Å². The molecule has 2 aliphatic carbocycles. The molecular formula is C42H70N2O7S. The van der Waals surface area contributed by atoms with Crippen molar-refractivity contribution >= 4 is 39.0 Å². The second-order valence-corrected chi connectivity index (χ2v) is 20.4. The van der Waals surface area contributed by atoms with Crippen LogP contribution in [0.4, 0.5) is 0 Å². The summed E-state index contributed by atoms with van der Waals surface area (Å²) in [6.07, 6.45) is 14.3. The van der Waals surface area contributed by atoms with Crippen molar-refractivity contribution in [2.24, 2.45) is 34.5 Å². The third-order valence-corrected chi connectivity index (χ3v) is 16.0. The van der Waals surface area contributed by atoms with Gasteiger partial charge >= 0.3 is 0 Å². The molecule has 3 aliphatic rings. The maximum Gasteiger partial charge on any atom is 0.287 e. The van der Waals surface area contributed by atoms with Crippen LogP contribution in [0.5, 0.6) is 0 Å². The minimum Gasteiger partial charge on any atom is -0.346 e. The number of carbonyl (C=O) groups excluding carboxylic acids is 5. The third kappa shape index (κ3) is 10.9. The number of ketones is 3. The molecule has 1 aliphatic heterocycles. The Morgan fingerprint density at radius 3 is 2.15 bits per heavy atom. The van der Waals surface area contributed by atoms with E-state index in [0.29, 0.717) is 32.2 Å². The van der Waals surface area contributed by atoms with Crippen molar-refractivity contribution in [2.75, 3.05) is 18.8 Å². The molecule has 1 saturated heterocycles. The van der Waals surface area contributed by atoms with Gasteiger partial charge in [-0.05, 0) is 62.2 Å². The molecule has 0 aromatic heterocycles. The van der Waals surface area contributed by atoms with E-state index in [1.54, 1.807) is 25.7 Å². The number of fused-ring (bicyclic) bond motifs is 1. The van der Waals surface area contributed by atoms with Crippen molar-refractivity contribution < 1.29 is 32.4 Å². The van der Waals surface area contributed by atoms with Crippen LogP contribution in [-0.2, 0) is 33.8 Å². The minimum absolute atomic E-state index is 0.00733. The van der Waals surface area contributed by atoms with E-state index in [1.165, 1.54) is 25.3 Å². The number of rotatable bonds is 24. The average molecular weight is 747 g/mol. The van der Waals surface area contributed by atoms with Crippen LogP contribution in [-0.4, -0.2) is 72.1 Å². The van der Waals surface area contributed by atoms with Crippen molar-refractivity contribution in [3.05, 3.63) is 12.7 Å². The molecule has 2 saturated carbocycles. The van der Waals surface area contributed by atoms with E-state index < -0.39 is 49.6 Å². The van der Waals surface area contributed by atoms with Gasteiger partial charge in [-0.3, -0.25) is 24.0 Å². The number of carbonyl (C=O) groups is 5. The number of sulfone groups is 1. The molecule has 296 valence electrons. The van der Waals surface area contributed by atoms with Gasteiger partial charge in [0, 0.05) is 44.2 Å². The first-order valence-corrected chi connectivity index (χ1v) is 22.0. The van der Waals surface area contributed by atoms with Gasteiger partial charge in [-0.1, -0.05) is 105 Å². The molecule has 52 heavy (non-hydrogen) atoms. The normalized spacial score (nSPS) is 23.3. The number of likely N-dealkylation sites (tertiary alicyclic amines) is 1. The zero-order chi connectivity index (χ0) is 38.9. The van der Waals surface area contributed by atoms with Crippen molar-refractivity contribution in [3.8, 4) is 0 Å². The van der Waals surface area contributed by atoms with Crippen LogP contribution in [0.1, 0.15) is 158 Å². The number of nitrogens with one attached hydrogen (secondary N) is 1. The van der Waals surface area contributed by atoms with Crippen LogP contribution < -0.4 is 5.32 Å². The summed E-state index contributed by atoms with van der Waals surface area (Å²) in [4.78, 5) is 69.5. The van der Waals surface area contributed by atoms with Gasteiger partial charge in [0.2, 0.25) is 11.7 Å². The lowest BCUT2D eigenvalue weighted by atomic mass is 9.71. The lowest BCUT2D eigenvalue weighted by Gasteiger charge is -2.39. The Bertz CT molecular complexity index is 1390. The number of unbranched alkanes of at least 4 members (excludes halogenated alkanes) is 6. The molecule has 0 aromatic carbocycles. The second kappa shape index (κ2) is 18.8. The molecule has 5 atom stereocenters. The zero-order valence-corrected chi connectivity index (χ0v) is 34.3. The molecule has 3 rings (SSSR count). The van der Waals surface area contributed by atoms with Gasteiger partial charge in [-0.2, -0.15) is 0 Å². The highest BCUT2D eigenvalue weighted by Crippen LogP contribution is 2.65. The fourth-order valence-corrected chi connectivity index (χ4v) is 11.1. The van der Waals surface area contributed by atoms with Crippen LogP contribution in [0.15, 0.2) is 12.7 Å². The number of amides is 2. The van der Waals surface area contributed by atoms with Gasteiger partial charge in [0.05, 0.1) is 16.5 Å². The topological polar surface area (TPSA) is 135 Å². The summed E-state index contributed by atoms with van der Waals surface area (Å²) >= 11 is 0. The van der Waals surface area contributed by atoms with Gasteiger partial charge in [0.25, 0.3) is 5.91 Å². The number of hydrogen-bond acceptors (Lipinski definition) is 7. The first kappa shape index (κ1) is 44.0. The monoisotopic (exact) mass is 746 g/mol. The Kier molecular flexibility index (Phi) is 15.9. The average Bonchev–Trinajstić information content (AvgIpc) is 3.39. The van der Waals surface area contributed by atoms with Crippen molar-refractivity contribution in [3.63, 3.8) is 0 Å². The van der Waals surface area contributed by atoms with Crippen molar-refractivity contribution in [2.45, 2.75) is 168 Å². The fourth-order valence-electron chi connectivity index (χ4n) is 9.03. The number of Topliss-reactive ketones (excluding diaryl/α,β-unsaturated/α-hetero) is 3. The largest absolute Gasteiger partial charge is 0.346 e. The second-order valence-electron chi connectivity index (χ2n) is 17.8.